The smallest absolute Gasteiger partial charge is 0.0455 e. The summed E-state index contributed by atoms with van der Waals surface area (Å²) in [6.07, 6.45) is 2.01. The van der Waals surface area contributed by atoms with Gasteiger partial charge in [0.15, 0.2) is 0 Å². The molecule has 0 atom stereocenters. The number of aliphatic imine (C=N–C) groups is 1. The van der Waals surface area contributed by atoms with Crippen molar-refractivity contribution in [3.63, 3.8) is 0 Å². The molecule has 0 spiro atoms. The van der Waals surface area contributed by atoms with Gasteiger partial charge in [-0.2, -0.15) is 0 Å². The summed E-state index contributed by atoms with van der Waals surface area (Å²) in [4.78, 5) is 4.47. The first-order chi connectivity index (χ1) is 5.49. The Morgan fingerprint density at radius 2 is 1.83 bits per heavy atom. The normalized spacial score (nSPS) is 13.8. The van der Waals surface area contributed by atoms with Gasteiger partial charge in [-0.1, -0.05) is 26.5 Å². The number of hydrogen-bond acceptors (Lipinski definition) is 1. The van der Waals surface area contributed by atoms with Crippen molar-refractivity contribution in [3.05, 3.63) is 23.9 Å². The van der Waals surface area contributed by atoms with E-state index in [1.165, 1.54) is 0 Å². The molecule has 0 N–H and O–H groups in total. The van der Waals surface area contributed by atoms with Gasteiger partial charge in [-0.3, -0.25) is 4.99 Å². The van der Waals surface area contributed by atoms with Crippen LogP contribution in [0.15, 0.2) is 28.9 Å². The van der Waals surface area contributed by atoms with Crippen molar-refractivity contribution < 1.29 is 0 Å². The van der Waals surface area contributed by atoms with E-state index in [4.69, 9.17) is 0 Å². The lowest BCUT2D eigenvalue weighted by Gasteiger charge is -2.09. The van der Waals surface area contributed by atoms with Gasteiger partial charge in [0, 0.05) is 11.4 Å². The number of rotatable bonds is 3. The Kier molecular flexibility index (Phi) is 4.57. The zero-order valence-corrected chi connectivity index (χ0v) is 8.81. The molecule has 0 aliphatic carbocycles. The van der Waals surface area contributed by atoms with E-state index < -0.39 is 0 Å². The minimum Gasteiger partial charge on any atom is -0.258 e. The quantitative estimate of drug-likeness (QED) is 0.567. The Balaban J connectivity index is 4.74. The Hall–Kier alpha value is -0.850. The van der Waals surface area contributed by atoms with Crippen molar-refractivity contribution in [1.82, 2.24) is 0 Å². The van der Waals surface area contributed by atoms with E-state index in [1.54, 1.807) is 0 Å². The van der Waals surface area contributed by atoms with Gasteiger partial charge >= 0.3 is 0 Å². The van der Waals surface area contributed by atoms with Crippen LogP contribution in [0.2, 0.25) is 0 Å². The summed E-state index contributed by atoms with van der Waals surface area (Å²) in [5.74, 6) is 0.456. The first-order valence-corrected chi connectivity index (χ1v) is 4.36. The Bertz CT molecular complexity index is 219. The largest absolute Gasteiger partial charge is 0.258 e. The molecule has 0 radical (unpaired) electrons. The predicted molar refractivity (Wildman–Crippen MR) is 56.5 cm³/mol. The Labute approximate surface area is 75.9 Å². The third-order valence-corrected chi connectivity index (χ3v) is 1.70. The van der Waals surface area contributed by atoms with Crippen LogP contribution in [0.25, 0.3) is 0 Å². The maximum absolute atomic E-state index is 4.47. The molecule has 12 heavy (non-hydrogen) atoms. The SMILES string of the molecule is C=C(C)/C(=N\C(C)=C/C)C(C)C. The average molecular weight is 165 g/mol. The predicted octanol–water partition coefficient (Wildman–Crippen LogP) is 3.58. The monoisotopic (exact) mass is 165 g/mol. The van der Waals surface area contributed by atoms with E-state index in [9.17, 15) is 0 Å². The molecule has 0 heterocycles. The van der Waals surface area contributed by atoms with Crippen molar-refractivity contribution in [2.24, 2.45) is 10.9 Å². The summed E-state index contributed by atoms with van der Waals surface area (Å²) in [5.41, 5.74) is 3.22. The van der Waals surface area contributed by atoms with Crippen molar-refractivity contribution in [3.8, 4) is 0 Å². The minimum atomic E-state index is 0.456. The van der Waals surface area contributed by atoms with Crippen molar-refractivity contribution in [1.29, 1.82) is 0 Å². The summed E-state index contributed by atoms with van der Waals surface area (Å²) in [5, 5.41) is 0. The van der Waals surface area contributed by atoms with E-state index in [2.05, 4.69) is 25.4 Å². The van der Waals surface area contributed by atoms with Crippen LogP contribution in [0.5, 0.6) is 0 Å². The molecule has 0 fully saturated rings. The van der Waals surface area contributed by atoms with Gasteiger partial charge in [-0.15, -0.1) is 0 Å². The molecule has 0 rings (SSSR count). The average Bonchev–Trinajstić information content (AvgIpc) is 1.98. The Morgan fingerprint density at radius 3 is 2.08 bits per heavy atom. The zero-order valence-electron chi connectivity index (χ0n) is 8.81. The molecule has 0 saturated heterocycles. The molecule has 0 aliphatic rings. The molecule has 0 aromatic carbocycles. The fourth-order valence-electron chi connectivity index (χ4n) is 0.972. The van der Waals surface area contributed by atoms with E-state index in [1.807, 2.05) is 26.8 Å². The van der Waals surface area contributed by atoms with E-state index in [0.717, 1.165) is 17.0 Å². The van der Waals surface area contributed by atoms with E-state index >= 15 is 0 Å². The van der Waals surface area contributed by atoms with Gasteiger partial charge in [0.25, 0.3) is 0 Å². The third-order valence-electron chi connectivity index (χ3n) is 1.70. The molecule has 0 aromatic heterocycles. The van der Waals surface area contributed by atoms with Gasteiger partial charge in [0.05, 0.1) is 0 Å². The van der Waals surface area contributed by atoms with Crippen LogP contribution in [0.1, 0.15) is 34.6 Å². The zero-order chi connectivity index (χ0) is 9.72. The van der Waals surface area contributed by atoms with Crippen LogP contribution >= 0.6 is 0 Å². The van der Waals surface area contributed by atoms with Crippen LogP contribution in [0.3, 0.4) is 0 Å². The van der Waals surface area contributed by atoms with Crippen LogP contribution in [0, 0.1) is 5.92 Å². The van der Waals surface area contributed by atoms with Crippen LogP contribution < -0.4 is 0 Å². The molecule has 0 amide bonds. The molecule has 0 saturated carbocycles. The van der Waals surface area contributed by atoms with Crippen LogP contribution in [-0.2, 0) is 0 Å². The lowest BCUT2D eigenvalue weighted by atomic mass is 10.0. The maximum Gasteiger partial charge on any atom is 0.0455 e. The second-order valence-corrected chi connectivity index (χ2v) is 3.36. The fraction of sp³-hybridized carbons (Fsp3) is 0.545. The van der Waals surface area contributed by atoms with E-state index in [-0.39, 0.29) is 0 Å². The second kappa shape index (κ2) is 4.91. The highest BCUT2D eigenvalue weighted by Gasteiger charge is 2.04. The van der Waals surface area contributed by atoms with Gasteiger partial charge in [-0.25, -0.2) is 0 Å². The molecule has 1 heteroatoms. The van der Waals surface area contributed by atoms with Gasteiger partial charge in [0.1, 0.15) is 0 Å². The highest BCUT2D eigenvalue weighted by molar-refractivity contribution is 6.00. The van der Waals surface area contributed by atoms with Crippen molar-refractivity contribution in [2.45, 2.75) is 34.6 Å². The lowest BCUT2D eigenvalue weighted by Crippen LogP contribution is -2.08. The fourth-order valence-corrected chi connectivity index (χ4v) is 0.972. The van der Waals surface area contributed by atoms with Crippen molar-refractivity contribution >= 4 is 5.71 Å². The van der Waals surface area contributed by atoms with E-state index in [0.29, 0.717) is 5.92 Å². The number of allylic oxidation sites excluding steroid dienone is 3. The molecule has 0 aromatic rings. The summed E-state index contributed by atoms with van der Waals surface area (Å²) in [7, 11) is 0. The summed E-state index contributed by atoms with van der Waals surface area (Å²) >= 11 is 0. The molecule has 1 nitrogen and oxygen atoms in total. The first-order valence-electron chi connectivity index (χ1n) is 4.36. The highest BCUT2D eigenvalue weighted by atomic mass is 14.8. The standard InChI is InChI=1S/C11H19N/c1-7-10(6)12-11(8(2)3)9(4)5/h7,9H,2H2,1,3-6H3/b10-7-,12-11+. The van der Waals surface area contributed by atoms with Gasteiger partial charge in [-0.05, 0) is 32.3 Å². The molecular formula is C11H19N. The van der Waals surface area contributed by atoms with Crippen LogP contribution in [0.4, 0.5) is 0 Å². The highest BCUT2D eigenvalue weighted by Crippen LogP contribution is 2.09. The van der Waals surface area contributed by atoms with Crippen molar-refractivity contribution in [2.75, 3.05) is 0 Å². The van der Waals surface area contributed by atoms with Gasteiger partial charge in [0.2, 0.25) is 0 Å². The summed E-state index contributed by atoms with van der Waals surface area (Å²) in [6, 6.07) is 0. The Morgan fingerprint density at radius 1 is 1.33 bits per heavy atom. The lowest BCUT2D eigenvalue weighted by molar-refractivity contribution is 0.878. The molecular weight excluding hydrogens is 146 g/mol. The first kappa shape index (κ1) is 11.2. The second-order valence-electron chi connectivity index (χ2n) is 3.36. The number of hydrogen-bond donors (Lipinski definition) is 0. The van der Waals surface area contributed by atoms with Crippen LogP contribution in [-0.4, -0.2) is 5.71 Å². The molecule has 0 bridgehead atoms. The summed E-state index contributed by atoms with van der Waals surface area (Å²) < 4.78 is 0. The molecule has 68 valence electrons. The van der Waals surface area contributed by atoms with Gasteiger partial charge < -0.3 is 0 Å². The number of nitrogens with zero attached hydrogens (tertiary/aromatic N) is 1. The minimum absolute atomic E-state index is 0.456. The maximum atomic E-state index is 4.47. The molecule has 0 aliphatic heterocycles. The summed E-state index contributed by atoms with van der Waals surface area (Å²) in [6.45, 7) is 14.2. The topological polar surface area (TPSA) is 12.4 Å². The molecule has 0 unspecified atom stereocenters. The third kappa shape index (κ3) is 3.51.